The standard InChI is InChI=1S/C37H32N2O3/c1-3-8-24-15-19-26(20-16-24)33(40)31-32(34(41)27-17-13-23(2)14-18-27)39-22-21-25-9-4-5-10-28(25)35(39)37(31)29-11-6-7-12-30(29)38-36(37)42/h4-7,9-22,31-32,35H,3,8H2,1-2H3,(H,38,42)/t31-,32+,35-,37-/m0/s1. The van der Waals surface area contributed by atoms with Crippen LogP contribution in [-0.2, 0) is 16.6 Å². The first-order valence-corrected chi connectivity index (χ1v) is 14.6. The van der Waals surface area contributed by atoms with Crippen LogP contribution in [0.25, 0.3) is 6.08 Å². The fraction of sp³-hybridized carbons (Fsp3) is 0.216. The van der Waals surface area contributed by atoms with Crippen molar-refractivity contribution < 1.29 is 14.4 Å². The average molecular weight is 553 g/mol. The number of fused-ring (bicyclic) bond motifs is 6. The van der Waals surface area contributed by atoms with Gasteiger partial charge in [-0.25, -0.2) is 0 Å². The molecule has 3 aliphatic rings. The van der Waals surface area contributed by atoms with Gasteiger partial charge in [0.1, 0.15) is 11.5 Å². The number of ketones is 2. The smallest absolute Gasteiger partial charge is 0.238 e. The molecule has 3 aliphatic heterocycles. The molecule has 0 aliphatic carbocycles. The lowest BCUT2D eigenvalue weighted by Gasteiger charge is -2.38. The molecule has 208 valence electrons. The molecule has 42 heavy (non-hydrogen) atoms. The highest BCUT2D eigenvalue weighted by atomic mass is 16.2. The summed E-state index contributed by atoms with van der Waals surface area (Å²) in [6.45, 7) is 4.10. The monoisotopic (exact) mass is 552 g/mol. The Morgan fingerprint density at radius 2 is 1.50 bits per heavy atom. The van der Waals surface area contributed by atoms with Crippen LogP contribution >= 0.6 is 0 Å². The minimum absolute atomic E-state index is 0.168. The van der Waals surface area contributed by atoms with Crippen LogP contribution in [-0.4, -0.2) is 28.4 Å². The molecule has 3 heterocycles. The van der Waals surface area contributed by atoms with Crippen molar-refractivity contribution in [3.8, 4) is 0 Å². The summed E-state index contributed by atoms with van der Waals surface area (Å²) in [6, 6.07) is 29.3. The van der Waals surface area contributed by atoms with Gasteiger partial charge in [0.25, 0.3) is 0 Å². The third kappa shape index (κ3) is 3.73. The van der Waals surface area contributed by atoms with Crippen LogP contribution in [0.5, 0.6) is 0 Å². The van der Waals surface area contributed by atoms with Crippen LogP contribution in [0.2, 0.25) is 0 Å². The number of carbonyl (C=O) groups excluding carboxylic acids is 3. The predicted octanol–water partition coefficient (Wildman–Crippen LogP) is 6.93. The van der Waals surface area contributed by atoms with Crippen LogP contribution < -0.4 is 5.32 Å². The van der Waals surface area contributed by atoms with Crippen molar-refractivity contribution in [3.05, 3.63) is 142 Å². The zero-order valence-electron chi connectivity index (χ0n) is 23.7. The number of hydrogen-bond donors (Lipinski definition) is 1. The minimum atomic E-state index is -1.32. The van der Waals surface area contributed by atoms with E-state index < -0.39 is 23.4 Å². The second-order valence-electron chi connectivity index (χ2n) is 11.6. The first-order chi connectivity index (χ1) is 20.4. The van der Waals surface area contributed by atoms with Crippen LogP contribution in [0.3, 0.4) is 0 Å². The zero-order valence-corrected chi connectivity index (χ0v) is 23.7. The van der Waals surface area contributed by atoms with Crippen molar-refractivity contribution in [2.45, 2.75) is 44.2 Å². The normalized spacial score (nSPS) is 23.3. The van der Waals surface area contributed by atoms with Crippen molar-refractivity contribution in [2.24, 2.45) is 5.92 Å². The maximum Gasteiger partial charge on any atom is 0.238 e. The summed E-state index contributed by atoms with van der Waals surface area (Å²) < 4.78 is 0. The third-order valence-electron chi connectivity index (χ3n) is 9.23. The van der Waals surface area contributed by atoms with E-state index in [0.29, 0.717) is 16.8 Å². The zero-order chi connectivity index (χ0) is 29.0. The van der Waals surface area contributed by atoms with Crippen molar-refractivity contribution in [2.75, 3.05) is 5.32 Å². The van der Waals surface area contributed by atoms with Gasteiger partial charge in [-0.3, -0.25) is 14.4 Å². The molecule has 4 aromatic carbocycles. The Balaban J connectivity index is 1.50. The molecule has 5 nitrogen and oxygen atoms in total. The number of rotatable bonds is 6. The summed E-state index contributed by atoms with van der Waals surface area (Å²) >= 11 is 0. The number of nitrogens with zero attached hydrogens (tertiary/aromatic N) is 1. The SMILES string of the molecule is CCCc1ccc(C(=O)[C@@H]2[C@H](C(=O)c3ccc(C)cc3)N3C=Cc4ccccc4[C@H]3[C@@]23C(=O)Nc2ccccc23)cc1. The predicted molar refractivity (Wildman–Crippen MR) is 164 cm³/mol. The van der Waals surface area contributed by atoms with Gasteiger partial charge in [-0.2, -0.15) is 0 Å². The molecule has 1 amide bonds. The Morgan fingerprint density at radius 1 is 0.833 bits per heavy atom. The van der Waals surface area contributed by atoms with Gasteiger partial charge in [-0.15, -0.1) is 0 Å². The maximum absolute atomic E-state index is 14.9. The van der Waals surface area contributed by atoms with Crippen molar-refractivity contribution in [1.82, 2.24) is 4.90 Å². The van der Waals surface area contributed by atoms with E-state index in [0.717, 1.165) is 40.7 Å². The number of benzene rings is 4. The molecule has 1 N–H and O–H groups in total. The summed E-state index contributed by atoms with van der Waals surface area (Å²) in [5.74, 6) is -1.58. The van der Waals surface area contributed by atoms with Gasteiger partial charge in [0, 0.05) is 23.0 Å². The second kappa shape index (κ2) is 9.95. The summed E-state index contributed by atoms with van der Waals surface area (Å²) in [7, 11) is 0. The van der Waals surface area contributed by atoms with Crippen LogP contribution in [0, 0.1) is 12.8 Å². The summed E-state index contributed by atoms with van der Waals surface area (Å²) in [4.78, 5) is 46.0. The number of carbonyl (C=O) groups is 3. The lowest BCUT2D eigenvalue weighted by atomic mass is 9.62. The van der Waals surface area contributed by atoms with Crippen molar-refractivity contribution >= 4 is 29.2 Å². The largest absolute Gasteiger partial charge is 0.358 e. The van der Waals surface area contributed by atoms with Crippen LogP contribution in [0.1, 0.15) is 67.9 Å². The van der Waals surface area contributed by atoms with Crippen molar-refractivity contribution in [1.29, 1.82) is 0 Å². The number of aryl methyl sites for hydroxylation is 2. The lowest BCUT2D eigenvalue weighted by Crippen LogP contribution is -2.49. The molecule has 4 aromatic rings. The Morgan fingerprint density at radius 3 is 2.26 bits per heavy atom. The molecule has 0 aromatic heterocycles. The van der Waals surface area contributed by atoms with E-state index >= 15 is 0 Å². The molecule has 1 spiro atoms. The topological polar surface area (TPSA) is 66.5 Å². The van der Waals surface area contributed by atoms with E-state index in [1.54, 1.807) is 0 Å². The number of hydrogen-bond acceptors (Lipinski definition) is 4. The number of nitrogens with one attached hydrogen (secondary N) is 1. The first-order valence-electron chi connectivity index (χ1n) is 14.6. The van der Waals surface area contributed by atoms with E-state index in [4.69, 9.17) is 0 Å². The van der Waals surface area contributed by atoms with Crippen molar-refractivity contribution in [3.63, 3.8) is 0 Å². The van der Waals surface area contributed by atoms with E-state index in [-0.39, 0.29) is 17.5 Å². The highest BCUT2D eigenvalue weighted by Crippen LogP contribution is 2.62. The fourth-order valence-corrected chi connectivity index (χ4v) is 7.36. The molecule has 1 saturated heterocycles. The Hall–Kier alpha value is -4.77. The first kappa shape index (κ1) is 26.1. The van der Waals surface area contributed by atoms with E-state index in [9.17, 15) is 14.4 Å². The maximum atomic E-state index is 14.9. The molecule has 5 heteroatoms. The van der Waals surface area contributed by atoms with Gasteiger partial charge in [-0.1, -0.05) is 110 Å². The number of anilines is 1. The molecule has 0 radical (unpaired) electrons. The second-order valence-corrected chi connectivity index (χ2v) is 11.6. The Labute approximate surface area is 245 Å². The fourth-order valence-electron chi connectivity index (χ4n) is 7.36. The molecule has 0 bridgehead atoms. The molecular formula is C37H32N2O3. The minimum Gasteiger partial charge on any atom is -0.358 e. The van der Waals surface area contributed by atoms with E-state index in [2.05, 4.69) is 12.2 Å². The Kier molecular flexibility index (Phi) is 6.19. The number of para-hydroxylation sites is 1. The number of Topliss-reactive ketones (excluding diaryl/α,β-unsaturated/α-hetero) is 2. The molecule has 1 fully saturated rings. The van der Waals surface area contributed by atoms with Crippen LogP contribution in [0.15, 0.2) is 103 Å². The highest BCUT2D eigenvalue weighted by Gasteiger charge is 2.70. The summed E-state index contributed by atoms with van der Waals surface area (Å²) in [5.41, 5.74) is 5.28. The summed E-state index contributed by atoms with van der Waals surface area (Å²) in [6.07, 6.45) is 5.83. The lowest BCUT2D eigenvalue weighted by molar-refractivity contribution is -0.122. The average Bonchev–Trinajstić information content (AvgIpc) is 3.49. The van der Waals surface area contributed by atoms with Gasteiger partial charge < -0.3 is 10.2 Å². The van der Waals surface area contributed by atoms with E-state index in [1.165, 1.54) is 0 Å². The molecule has 7 rings (SSSR count). The van der Waals surface area contributed by atoms with Gasteiger partial charge in [-0.05, 0) is 47.7 Å². The molecule has 4 atom stereocenters. The van der Waals surface area contributed by atoms with E-state index in [1.807, 2.05) is 121 Å². The third-order valence-corrected chi connectivity index (χ3v) is 9.23. The molecule has 0 unspecified atom stereocenters. The molecular weight excluding hydrogens is 520 g/mol. The van der Waals surface area contributed by atoms with Gasteiger partial charge in [0.05, 0.1) is 12.0 Å². The van der Waals surface area contributed by atoms with Gasteiger partial charge in [0.2, 0.25) is 5.91 Å². The summed E-state index contributed by atoms with van der Waals surface area (Å²) in [5, 5.41) is 3.11. The van der Waals surface area contributed by atoms with Crippen LogP contribution in [0.4, 0.5) is 5.69 Å². The number of amides is 1. The highest BCUT2D eigenvalue weighted by molar-refractivity contribution is 6.16. The quantitative estimate of drug-likeness (QED) is 0.264. The van der Waals surface area contributed by atoms with Gasteiger partial charge in [0.15, 0.2) is 11.6 Å². The van der Waals surface area contributed by atoms with Gasteiger partial charge >= 0.3 is 0 Å². The Bertz CT molecular complexity index is 1750. The molecule has 0 saturated carbocycles.